The van der Waals surface area contributed by atoms with Gasteiger partial charge in [-0.15, -0.1) is 0 Å². The molecule has 3 rings (SSSR count). The molecule has 0 fully saturated rings. The van der Waals surface area contributed by atoms with Crippen molar-refractivity contribution >= 4 is 28.3 Å². The van der Waals surface area contributed by atoms with Gasteiger partial charge in [0.25, 0.3) is 0 Å². The lowest BCUT2D eigenvalue weighted by Crippen LogP contribution is -1.89. The second kappa shape index (κ2) is 4.28. The van der Waals surface area contributed by atoms with E-state index < -0.39 is 0 Å². The first-order valence-corrected chi connectivity index (χ1v) is 6.44. The summed E-state index contributed by atoms with van der Waals surface area (Å²) in [7, 11) is 1.90. The normalized spacial score (nSPS) is 11.3. The molecule has 0 atom stereocenters. The lowest BCUT2D eigenvalue weighted by atomic mass is 10.2. The third-order valence-corrected chi connectivity index (χ3v) is 3.29. The van der Waals surface area contributed by atoms with Crippen molar-refractivity contribution in [3.8, 4) is 11.4 Å². The van der Waals surface area contributed by atoms with E-state index >= 15 is 0 Å². The van der Waals surface area contributed by atoms with E-state index in [-0.39, 0.29) is 0 Å². The van der Waals surface area contributed by atoms with Crippen LogP contribution in [0.2, 0.25) is 5.02 Å². The van der Waals surface area contributed by atoms with Gasteiger partial charge in [-0.3, -0.25) is 4.68 Å². The van der Waals surface area contributed by atoms with Crippen molar-refractivity contribution in [2.75, 3.05) is 5.73 Å². The zero-order chi connectivity index (χ0) is 13.6. The second-order valence-electron chi connectivity index (χ2n) is 4.49. The molecule has 3 aromatic rings. The molecule has 0 aliphatic rings. The van der Waals surface area contributed by atoms with Crippen LogP contribution < -0.4 is 5.73 Å². The van der Waals surface area contributed by atoms with Crippen molar-refractivity contribution in [3.63, 3.8) is 0 Å². The minimum absolute atomic E-state index is 0.576. The Balaban J connectivity index is 2.23. The van der Waals surface area contributed by atoms with Crippen LogP contribution in [0.15, 0.2) is 18.3 Å². The molecule has 0 aliphatic heterocycles. The number of rotatable bonds is 2. The van der Waals surface area contributed by atoms with Crippen molar-refractivity contribution < 1.29 is 0 Å². The van der Waals surface area contributed by atoms with Gasteiger partial charge >= 0.3 is 0 Å². The summed E-state index contributed by atoms with van der Waals surface area (Å²) in [6, 6.07) is 3.53. The summed E-state index contributed by atoms with van der Waals surface area (Å²) in [5.74, 6) is 0.772. The summed E-state index contributed by atoms with van der Waals surface area (Å²) in [5.41, 5.74) is 10.1. The topological polar surface area (TPSA) is 72.5 Å². The number of benzene rings is 1. The largest absolute Gasteiger partial charge is 0.397 e. The number of H-pyrrole nitrogens is 1. The quantitative estimate of drug-likeness (QED) is 0.706. The van der Waals surface area contributed by atoms with Gasteiger partial charge in [0.05, 0.1) is 22.5 Å². The van der Waals surface area contributed by atoms with Crippen molar-refractivity contribution in [1.82, 2.24) is 19.7 Å². The number of nitrogens with one attached hydrogen (secondary N) is 1. The van der Waals surface area contributed by atoms with Gasteiger partial charge in [-0.25, -0.2) is 4.98 Å². The lowest BCUT2D eigenvalue weighted by molar-refractivity contribution is 0.746. The Morgan fingerprint density at radius 2 is 2.21 bits per heavy atom. The number of nitrogens with two attached hydrogens (primary N) is 1. The summed E-state index contributed by atoms with van der Waals surface area (Å²) in [6.45, 7) is 2.07. The molecule has 0 saturated carbocycles. The minimum Gasteiger partial charge on any atom is -0.397 e. The van der Waals surface area contributed by atoms with Crippen LogP contribution in [0.25, 0.3) is 22.4 Å². The molecule has 0 unspecified atom stereocenters. The fourth-order valence-corrected chi connectivity index (χ4v) is 2.46. The van der Waals surface area contributed by atoms with Crippen LogP contribution in [0.1, 0.15) is 12.6 Å². The SMILES string of the molecule is CCc1nn(C)cc1-c1nc2c(N)cc(Cl)cc2[nH]1. The van der Waals surface area contributed by atoms with Gasteiger partial charge < -0.3 is 10.7 Å². The van der Waals surface area contributed by atoms with Gasteiger partial charge in [0.1, 0.15) is 11.3 Å². The Kier molecular flexibility index (Phi) is 2.71. The van der Waals surface area contributed by atoms with Gasteiger partial charge in [0.15, 0.2) is 0 Å². The Hall–Kier alpha value is -2.01. The monoisotopic (exact) mass is 275 g/mol. The third kappa shape index (κ3) is 1.96. The highest BCUT2D eigenvalue weighted by molar-refractivity contribution is 6.31. The number of aromatic nitrogens is 4. The molecule has 98 valence electrons. The zero-order valence-electron chi connectivity index (χ0n) is 10.7. The summed E-state index contributed by atoms with van der Waals surface area (Å²) >= 11 is 6.00. The molecule has 0 aliphatic carbocycles. The highest BCUT2D eigenvalue weighted by atomic mass is 35.5. The van der Waals surface area contributed by atoms with Gasteiger partial charge in [-0.2, -0.15) is 5.10 Å². The van der Waals surface area contributed by atoms with Crippen LogP contribution in [-0.2, 0) is 13.5 Å². The molecule has 0 amide bonds. The Labute approximate surface area is 115 Å². The van der Waals surface area contributed by atoms with Gasteiger partial charge in [0, 0.05) is 18.3 Å². The van der Waals surface area contributed by atoms with Crippen molar-refractivity contribution in [2.45, 2.75) is 13.3 Å². The molecular weight excluding hydrogens is 262 g/mol. The summed E-state index contributed by atoms with van der Waals surface area (Å²) in [6.07, 6.45) is 2.80. The third-order valence-electron chi connectivity index (χ3n) is 3.08. The number of fused-ring (bicyclic) bond motifs is 1. The van der Waals surface area contributed by atoms with Crippen molar-refractivity contribution in [2.24, 2.45) is 7.05 Å². The molecule has 5 nitrogen and oxygen atoms in total. The second-order valence-corrected chi connectivity index (χ2v) is 4.93. The molecule has 0 bridgehead atoms. The smallest absolute Gasteiger partial charge is 0.142 e. The first-order chi connectivity index (χ1) is 9.08. The Morgan fingerprint density at radius 3 is 2.95 bits per heavy atom. The molecular formula is C13H14ClN5. The highest BCUT2D eigenvalue weighted by Crippen LogP contribution is 2.28. The first-order valence-electron chi connectivity index (χ1n) is 6.06. The number of aryl methyl sites for hydroxylation is 2. The molecule has 19 heavy (non-hydrogen) atoms. The number of nitrogen functional groups attached to an aromatic ring is 1. The molecule has 3 N–H and O–H groups in total. The Morgan fingerprint density at radius 1 is 1.42 bits per heavy atom. The predicted molar refractivity (Wildman–Crippen MR) is 77.1 cm³/mol. The first kappa shape index (κ1) is 12.0. The van der Waals surface area contributed by atoms with E-state index in [9.17, 15) is 0 Å². The van der Waals surface area contributed by atoms with Crippen LogP contribution in [-0.4, -0.2) is 19.7 Å². The molecule has 0 radical (unpaired) electrons. The fraction of sp³-hybridized carbons (Fsp3) is 0.231. The van der Waals surface area contributed by atoms with E-state index in [1.54, 1.807) is 10.7 Å². The van der Waals surface area contributed by atoms with Gasteiger partial charge in [-0.05, 0) is 18.6 Å². The van der Waals surface area contributed by atoms with E-state index in [1.165, 1.54) is 0 Å². The minimum atomic E-state index is 0.576. The van der Waals surface area contributed by atoms with E-state index in [1.807, 2.05) is 19.3 Å². The summed E-state index contributed by atoms with van der Waals surface area (Å²) < 4.78 is 1.79. The standard InChI is InChI=1S/C13H14ClN5/c1-3-10-8(6-19(2)18-10)13-16-11-5-7(14)4-9(15)12(11)17-13/h4-6H,3,15H2,1-2H3,(H,16,17). The number of nitrogens with zero attached hydrogens (tertiary/aromatic N) is 3. The van der Waals surface area contributed by atoms with E-state index in [4.69, 9.17) is 17.3 Å². The van der Waals surface area contributed by atoms with Crippen LogP contribution in [0.4, 0.5) is 5.69 Å². The fourth-order valence-electron chi connectivity index (χ4n) is 2.23. The predicted octanol–water partition coefficient (Wildman–Crippen LogP) is 2.76. The maximum Gasteiger partial charge on any atom is 0.142 e. The molecule has 0 spiro atoms. The lowest BCUT2D eigenvalue weighted by Gasteiger charge is -1.94. The van der Waals surface area contributed by atoms with Crippen LogP contribution >= 0.6 is 11.6 Å². The maximum absolute atomic E-state index is 6.00. The van der Waals surface area contributed by atoms with E-state index in [0.29, 0.717) is 10.7 Å². The number of imidazole rings is 1. The molecule has 6 heteroatoms. The maximum atomic E-state index is 6.00. The number of aromatic amines is 1. The van der Waals surface area contributed by atoms with Crippen LogP contribution in [0.5, 0.6) is 0 Å². The number of hydrogen-bond acceptors (Lipinski definition) is 3. The zero-order valence-corrected chi connectivity index (χ0v) is 11.5. The highest BCUT2D eigenvalue weighted by Gasteiger charge is 2.14. The van der Waals surface area contributed by atoms with Crippen molar-refractivity contribution in [3.05, 3.63) is 29.0 Å². The van der Waals surface area contributed by atoms with Crippen LogP contribution in [0.3, 0.4) is 0 Å². The van der Waals surface area contributed by atoms with Crippen LogP contribution in [0, 0.1) is 0 Å². The van der Waals surface area contributed by atoms with E-state index in [2.05, 4.69) is 22.0 Å². The molecule has 1 aromatic carbocycles. The average Bonchev–Trinajstić information content (AvgIpc) is 2.91. The van der Waals surface area contributed by atoms with Crippen molar-refractivity contribution in [1.29, 1.82) is 0 Å². The number of anilines is 1. The summed E-state index contributed by atoms with van der Waals surface area (Å²) in [5, 5.41) is 5.01. The van der Waals surface area contributed by atoms with Gasteiger partial charge in [0.2, 0.25) is 0 Å². The molecule has 2 heterocycles. The summed E-state index contributed by atoms with van der Waals surface area (Å²) in [4.78, 5) is 7.81. The van der Waals surface area contributed by atoms with E-state index in [0.717, 1.165) is 34.5 Å². The molecule has 0 saturated heterocycles. The number of halogens is 1. The molecule has 2 aromatic heterocycles. The average molecular weight is 276 g/mol. The number of hydrogen-bond donors (Lipinski definition) is 2. The van der Waals surface area contributed by atoms with Gasteiger partial charge in [-0.1, -0.05) is 18.5 Å². The Bertz CT molecular complexity index is 756.